The normalized spacial score (nSPS) is 12.9. The van der Waals surface area contributed by atoms with Crippen molar-refractivity contribution in [3.8, 4) is 34.2 Å². The molecule has 5 nitrogen and oxygen atoms in total. The van der Waals surface area contributed by atoms with Crippen LogP contribution in [0.1, 0.15) is 22.3 Å². The first-order valence-corrected chi connectivity index (χ1v) is 16.7. The van der Waals surface area contributed by atoms with Gasteiger partial charge in [0.25, 0.3) is 0 Å². The summed E-state index contributed by atoms with van der Waals surface area (Å²) in [6.07, 6.45) is 3.58. The maximum absolute atomic E-state index is 5.16. The molecule has 0 N–H and O–H groups in total. The van der Waals surface area contributed by atoms with Crippen molar-refractivity contribution in [3.63, 3.8) is 0 Å². The van der Waals surface area contributed by atoms with Gasteiger partial charge in [0.2, 0.25) is 0 Å². The predicted molar refractivity (Wildman–Crippen MR) is 200 cm³/mol. The molecule has 5 heteroatoms. The predicted octanol–water partition coefficient (Wildman–Crippen LogP) is 10.4. The van der Waals surface area contributed by atoms with Crippen LogP contribution in [0.5, 0.6) is 0 Å². The van der Waals surface area contributed by atoms with E-state index in [4.69, 9.17) is 9.97 Å². The Morgan fingerprint density at radius 1 is 0.380 bits per heavy atom. The molecule has 8 aromatic rings. The topological polar surface area (TPSA) is 54.8 Å². The van der Waals surface area contributed by atoms with Crippen molar-refractivity contribution in [3.05, 3.63) is 211 Å². The Bertz CT molecular complexity index is 2280. The molecule has 0 fully saturated rings. The highest BCUT2D eigenvalue weighted by Gasteiger charge is 2.46. The minimum Gasteiger partial charge on any atom is -0.309 e. The van der Waals surface area contributed by atoms with Gasteiger partial charge < -0.3 is 4.90 Å². The summed E-state index contributed by atoms with van der Waals surface area (Å²) in [7, 11) is 0. The number of pyridine rings is 2. The molecule has 0 saturated heterocycles. The van der Waals surface area contributed by atoms with Gasteiger partial charge in [-0.2, -0.15) is 0 Å². The van der Waals surface area contributed by atoms with E-state index in [9.17, 15) is 0 Å². The Hall–Kier alpha value is -6.72. The van der Waals surface area contributed by atoms with Crippen molar-refractivity contribution in [2.45, 2.75) is 5.41 Å². The Morgan fingerprint density at radius 3 is 1.32 bits per heavy atom. The van der Waals surface area contributed by atoms with E-state index in [1.165, 1.54) is 22.3 Å². The van der Waals surface area contributed by atoms with Gasteiger partial charge in [-0.1, -0.05) is 121 Å². The van der Waals surface area contributed by atoms with Crippen LogP contribution in [0.2, 0.25) is 0 Å². The number of aromatic nitrogens is 4. The highest BCUT2D eigenvalue weighted by molar-refractivity contribution is 5.94. The molecule has 4 heterocycles. The van der Waals surface area contributed by atoms with Crippen LogP contribution in [0, 0.1) is 0 Å². The second-order valence-electron chi connectivity index (χ2n) is 12.3. The van der Waals surface area contributed by atoms with Crippen LogP contribution in [0.15, 0.2) is 188 Å². The molecular weight excluding hydrogens is 611 g/mol. The fraction of sp³-hybridized carbons (Fsp3) is 0.0222. The summed E-state index contributed by atoms with van der Waals surface area (Å²) in [5, 5.41) is 0. The smallest absolute Gasteiger partial charge is 0.162 e. The molecule has 3 aromatic heterocycles. The molecule has 9 rings (SSSR count). The minimum atomic E-state index is -0.553. The minimum absolute atomic E-state index is 0.553. The summed E-state index contributed by atoms with van der Waals surface area (Å²) < 4.78 is 0. The van der Waals surface area contributed by atoms with Crippen molar-refractivity contribution < 1.29 is 0 Å². The summed E-state index contributed by atoms with van der Waals surface area (Å²) in [5.74, 6) is 0.599. The maximum atomic E-state index is 5.16. The SMILES string of the molecule is c1ccc(C2(c3ccccc3)c3ccccc3N(c3ccccc3-c3nc(-c4ccccn4)cc(-c4ccccn4)n3)c3ccccc32)cc1. The van der Waals surface area contributed by atoms with E-state index in [2.05, 4.69) is 148 Å². The van der Waals surface area contributed by atoms with Gasteiger partial charge in [0.1, 0.15) is 0 Å². The Kier molecular flexibility index (Phi) is 7.29. The van der Waals surface area contributed by atoms with E-state index < -0.39 is 5.41 Å². The average molecular weight is 642 g/mol. The van der Waals surface area contributed by atoms with Crippen molar-refractivity contribution in [1.82, 2.24) is 19.9 Å². The highest BCUT2D eigenvalue weighted by atomic mass is 15.2. The zero-order valence-corrected chi connectivity index (χ0v) is 27.1. The first kappa shape index (κ1) is 29.4. The fourth-order valence-corrected chi connectivity index (χ4v) is 7.39. The van der Waals surface area contributed by atoms with Crippen molar-refractivity contribution >= 4 is 17.1 Å². The van der Waals surface area contributed by atoms with Gasteiger partial charge in [-0.25, -0.2) is 9.97 Å². The molecule has 0 aliphatic carbocycles. The van der Waals surface area contributed by atoms with Crippen LogP contribution in [0.4, 0.5) is 17.1 Å². The lowest BCUT2D eigenvalue weighted by atomic mass is 9.62. The van der Waals surface area contributed by atoms with Gasteiger partial charge >= 0.3 is 0 Å². The third-order valence-corrected chi connectivity index (χ3v) is 9.48. The summed E-state index contributed by atoms with van der Waals surface area (Å²) in [6, 6.07) is 61.4. The maximum Gasteiger partial charge on any atom is 0.162 e. The zero-order chi connectivity index (χ0) is 33.3. The number of nitrogens with zero attached hydrogens (tertiary/aromatic N) is 5. The molecular formula is C45H31N5. The monoisotopic (exact) mass is 641 g/mol. The number of hydrogen-bond acceptors (Lipinski definition) is 5. The van der Waals surface area contributed by atoms with E-state index in [0.29, 0.717) is 5.82 Å². The molecule has 0 radical (unpaired) electrons. The average Bonchev–Trinajstić information content (AvgIpc) is 3.21. The number of fused-ring (bicyclic) bond motifs is 2. The van der Waals surface area contributed by atoms with Gasteiger partial charge in [0.05, 0.1) is 45.3 Å². The van der Waals surface area contributed by atoms with Gasteiger partial charge in [0, 0.05) is 18.0 Å². The van der Waals surface area contributed by atoms with Crippen molar-refractivity contribution in [2.75, 3.05) is 4.90 Å². The summed E-state index contributed by atoms with van der Waals surface area (Å²) in [5.41, 5.74) is 11.4. The van der Waals surface area contributed by atoms with E-state index in [0.717, 1.165) is 45.4 Å². The third kappa shape index (κ3) is 4.79. The summed E-state index contributed by atoms with van der Waals surface area (Å²) >= 11 is 0. The Balaban J connectivity index is 1.32. The standard InChI is InChI=1S/C45H31N5/c1-3-17-32(18-4-1)45(33-19-5-2-6-20-33)35-22-8-11-27-42(35)50(43-28-12-9-23-36(43)45)41-26-10-7-21-34(41)44-48-39(37-24-13-15-29-46-37)31-40(49-44)38-25-14-16-30-47-38/h1-31H. The van der Waals surface area contributed by atoms with Gasteiger partial charge in [-0.3, -0.25) is 9.97 Å². The van der Waals surface area contributed by atoms with E-state index in [1.54, 1.807) is 12.4 Å². The third-order valence-electron chi connectivity index (χ3n) is 9.48. The Labute approximate surface area is 291 Å². The summed E-state index contributed by atoms with van der Waals surface area (Å²) in [4.78, 5) is 22.0. The molecule has 236 valence electrons. The number of hydrogen-bond donors (Lipinski definition) is 0. The van der Waals surface area contributed by atoms with Gasteiger partial charge in [0.15, 0.2) is 5.82 Å². The quantitative estimate of drug-likeness (QED) is 0.181. The molecule has 0 saturated carbocycles. The lowest BCUT2D eigenvalue weighted by Crippen LogP contribution is -2.37. The second kappa shape index (κ2) is 12.4. The molecule has 0 spiro atoms. The van der Waals surface area contributed by atoms with Crippen LogP contribution >= 0.6 is 0 Å². The number of rotatable bonds is 6. The first-order chi connectivity index (χ1) is 24.8. The molecule has 0 atom stereocenters. The van der Waals surface area contributed by atoms with E-state index in [-0.39, 0.29) is 0 Å². The molecule has 0 bridgehead atoms. The van der Waals surface area contributed by atoms with Gasteiger partial charge in [-0.05, 0) is 76.9 Å². The lowest BCUT2D eigenvalue weighted by molar-refractivity contribution is 0.731. The number of benzene rings is 5. The highest BCUT2D eigenvalue weighted by Crippen LogP contribution is 2.58. The molecule has 0 unspecified atom stereocenters. The van der Waals surface area contributed by atoms with Crippen LogP contribution in [-0.4, -0.2) is 19.9 Å². The van der Waals surface area contributed by atoms with Crippen LogP contribution < -0.4 is 4.90 Å². The molecule has 1 aliphatic heterocycles. The Morgan fingerprint density at radius 2 is 0.820 bits per heavy atom. The molecule has 1 aliphatic rings. The number of anilines is 3. The van der Waals surface area contributed by atoms with Crippen LogP contribution in [0.3, 0.4) is 0 Å². The van der Waals surface area contributed by atoms with Crippen LogP contribution in [0.25, 0.3) is 34.2 Å². The van der Waals surface area contributed by atoms with E-state index in [1.807, 2.05) is 42.5 Å². The lowest BCUT2D eigenvalue weighted by Gasteiger charge is -2.46. The van der Waals surface area contributed by atoms with Crippen molar-refractivity contribution in [2.24, 2.45) is 0 Å². The summed E-state index contributed by atoms with van der Waals surface area (Å²) in [6.45, 7) is 0. The zero-order valence-electron chi connectivity index (χ0n) is 27.1. The number of para-hydroxylation sites is 3. The van der Waals surface area contributed by atoms with E-state index >= 15 is 0 Å². The molecule has 0 amide bonds. The molecule has 5 aromatic carbocycles. The van der Waals surface area contributed by atoms with Crippen LogP contribution in [-0.2, 0) is 5.41 Å². The largest absolute Gasteiger partial charge is 0.309 e. The van der Waals surface area contributed by atoms with Gasteiger partial charge in [-0.15, -0.1) is 0 Å². The first-order valence-electron chi connectivity index (χ1n) is 16.7. The molecule has 50 heavy (non-hydrogen) atoms. The van der Waals surface area contributed by atoms with Crippen molar-refractivity contribution in [1.29, 1.82) is 0 Å². The second-order valence-corrected chi connectivity index (χ2v) is 12.3. The fourth-order valence-electron chi connectivity index (χ4n) is 7.39.